The van der Waals surface area contributed by atoms with E-state index in [4.69, 9.17) is 0 Å². The van der Waals surface area contributed by atoms with Gasteiger partial charge in [0, 0.05) is 12.6 Å². The number of aliphatic imine (C=N–C) groups is 1. The number of carboxylic acid groups (broad SMARTS) is 1. The highest BCUT2D eigenvalue weighted by atomic mass is 16.4. The topological polar surface area (TPSA) is 116 Å². The second-order valence-electron chi connectivity index (χ2n) is 5.50. The quantitative estimate of drug-likeness (QED) is 0.472. The van der Waals surface area contributed by atoms with E-state index in [1.54, 1.807) is 30.5 Å². The van der Waals surface area contributed by atoms with Crippen molar-refractivity contribution in [2.45, 2.75) is 12.5 Å². The average Bonchev–Trinajstić information content (AvgIpc) is 3.11. The van der Waals surface area contributed by atoms with Gasteiger partial charge in [0.15, 0.2) is 5.78 Å². The largest absolute Gasteiger partial charge is 0.506 e. The van der Waals surface area contributed by atoms with Crippen LogP contribution in [0.25, 0.3) is 10.8 Å². The number of ketones is 1. The van der Waals surface area contributed by atoms with Gasteiger partial charge < -0.3 is 15.2 Å². The first-order valence-electron chi connectivity index (χ1n) is 7.48. The number of Topliss-reactive ketones (excluding diaryl/α,β-unsaturated/α-hetero) is 1. The molecule has 0 amide bonds. The molecule has 0 aliphatic carbocycles. The Morgan fingerprint density at radius 2 is 2.08 bits per heavy atom. The van der Waals surface area contributed by atoms with Crippen molar-refractivity contribution in [2.75, 3.05) is 0 Å². The predicted octanol–water partition coefficient (Wildman–Crippen LogP) is 2.46. The van der Waals surface area contributed by atoms with Crippen molar-refractivity contribution >= 4 is 29.2 Å². The predicted molar refractivity (Wildman–Crippen MR) is 92.5 cm³/mol. The van der Waals surface area contributed by atoms with Gasteiger partial charge in [-0.2, -0.15) is 0 Å². The number of carbonyl (C=O) groups is 2. The number of benzene rings is 2. The highest BCUT2D eigenvalue weighted by Crippen LogP contribution is 2.33. The number of nitrogens with zero attached hydrogens (tertiary/aromatic N) is 2. The Morgan fingerprint density at radius 3 is 2.72 bits per heavy atom. The van der Waals surface area contributed by atoms with E-state index in [1.807, 2.05) is 0 Å². The number of hydrogen-bond acceptors (Lipinski definition) is 5. The van der Waals surface area contributed by atoms with Crippen LogP contribution in [0.3, 0.4) is 0 Å². The lowest BCUT2D eigenvalue weighted by molar-refractivity contribution is 0.0694. The molecule has 7 heteroatoms. The summed E-state index contributed by atoms with van der Waals surface area (Å²) in [5.74, 6) is -2.38. The monoisotopic (exact) mass is 337 g/mol. The van der Waals surface area contributed by atoms with Crippen molar-refractivity contribution in [3.05, 3.63) is 59.7 Å². The molecule has 0 spiro atoms. The molecule has 3 N–H and O–H groups in total. The maximum absolute atomic E-state index is 13.0. The van der Waals surface area contributed by atoms with Crippen molar-refractivity contribution < 1.29 is 19.8 Å². The number of aromatic nitrogens is 2. The van der Waals surface area contributed by atoms with E-state index in [1.165, 1.54) is 12.4 Å². The standard InChI is InChI=1S/C18H15N3O4/c1-19-14(7-11-8-20-9-21-11)17(23)15-12-5-3-2-4-10(12)6-13(16(15)22)18(24)25/h2-6,8-9,14,22H,1,7H2,(H,20,21)(H,24,25)/t14-/m0/s1. The van der Waals surface area contributed by atoms with Gasteiger partial charge in [0.1, 0.15) is 17.4 Å². The summed E-state index contributed by atoms with van der Waals surface area (Å²) < 4.78 is 0. The number of fused-ring (bicyclic) bond motifs is 1. The van der Waals surface area contributed by atoms with Crippen molar-refractivity contribution in [3.63, 3.8) is 0 Å². The first-order valence-corrected chi connectivity index (χ1v) is 7.48. The third-order valence-electron chi connectivity index (χ3n) is 3.98. The first kappa shape index (κ1) is 16.4. The van der Waals surface area contributed by atoms with Gasteiger partial charge in [-0.3, -0.25) is 9.79 Å². The van der Waals surface area contributed by atoms with Crippen molar-refractivity contribution in [1.29, 1.82) is 0 Å². The summed E-state index contributed by atoms with van der Waals surface area (Å²) in [6.45, 7) is 3.45. The summed E-state index contributed by atoms with van der Waals surface area (Å²) in [5, 5.41) is 20.7. The fourth-order valence-corrected chi connectivity index (χ4v) is 2.76. The van der Waals surface area contributed by atoms with Gasteiger partial charge in [0.2, 0.25) is 0 Å². The molecule has 0 unspecified atom stereocenters. The third-order valence-corrected chi connectivity index (χ3v) is 3.98. The molecule has 1 atom stereocenters. The van der Waals surface area contributed by atoms with Gasteiger partial charge in [-0.1, -0.05) is 24.3 Å². The molecule has 25 heavy (non-hydrogen) atoms. The summed E-state index contributed by atoms with van der Waals surface area (Å²) in [7, 11) is 0. The van der Waals surface area contributed by atoms with Crippen molar-refractivity contribution in [2.24, 2.45) is 4.99 Å². The van der Waals surface area contributed by atoms with Crippen LogP contribution in [0.2, 0.25) is 0 Å². The highest BCUT2D eigenvalue weighted by Gasteiger charge is 2.27. The number of aromatic hydroxyl groups is 1. The molecule has 7 nitrogen and oxygen atoms in total. The number of aromatic carboxylic acids is 1. The maximum atomic E-state index is 13.0. The molecule has 0 radical (unpaired) electrons. The Labute approximate surface area is 142 Å². The Kier molecular flexibility index (Phi) is 4.30. The van der Waals surface area contributed by atoms with Gasteiger partial charge in [-0.05, 0) is 23.6 Å². The second kappa shape index (κ2) is 6.56. The van der Waals surface area contributed by atoms with E-state index in [2.05, 4.69) is 21.7 Å². The normalized spacial score (nSPS) is 12.0. The van der Waals surface area contributed by atoms with Crippen LogP contribution in [0.4, 0.5) is 0 Å². The number of aromatic amines is 1. The average molecular weight is 337 g/mol. The van der Waals surface area contributed by atoms with E-state index >= 15 is 0 Å². The minimum atomic E-state index is -1.31. The van der Waals surface area contributed by atoms with Crippen LogP contribution in [-0.2, 0) is 6.42 Å². The first-order chi connectivity index (χ1) is 12.0. The lowest BCUT2D eigenvalue weighted by Crippen LogP contribution is -2.22. The Bertz CT molecular complexity index is 964. The maximum Gasteiger partial charge on any atom is 0.339 e. The second-order valence-corrected chi connectivity index (χ2v) is 5.50. The minimum Gasteiger partial charge on any atom is -0.506 e. The molecule has 0 fully saturated rings. The highest BCUT2D eigenvalue weighted by molar-refractivity contribution is 6.15. The van der Waals surface area contributed by atoms with Crippen LogP contribution in [0.5, 0.6) is 5.75 Å². The lowest BCUT2D eigenvalue weighted by Gasteiger charge is -2.15. The number of nitrogens with one attached hydrogen (secondary N) is 1. The van der Waals surface area contributed by atoms with Gasteiger partial charge in [0.25, 0.3) is 0 Å². The molecule has 3 aromatic rings. The van der Waals surface area contributed by atoms with E-state index < -0.39 is 23.5 Å². The SMILES string of the molecule is C=N[C@@H](Cc1c[nH]cn1)C(=O)c1c(O)c(C(=O)O)cc2ccccc12. The number of carboxylic acids is 1. The van der Waals surface area contributed by atoms with Crippen LogP contribution in [0.1, 0.15) is 26.4 Å². The molecule has 0 saturated carbocycles. The van der Waals surface area contributed by atoms with E-state index in [9.17, 15) is 19.8 Å². The number of H-pyrrole nitrogens is 1. The molecule has 0 aliphatic rings. The molecule has 0 aliphatic heterocycles. The Balaban J connectivity index is 2.15. The number of imidazole rings is 1. The number of carbonyl (C=O) groups excluding carboxylic acids is 1. The summed E-state index contributed by atoms with van der Waals surface area (Å²) in [6, 6.07) is 7.23. The van der Waals surface area contributed by atoms with Crippen LogP contribution in [0.15, 0.2) is 47.8 Å². The summed E-state index contributed by atoms with van der Waals surface area (Å²) >= 11 is 0. The summed E-state index contributed by atoms with van der Waals surface area (Å²) in [5.41, 5.74) is 0.219. The van der Waals surface area contributed by atoms with E-state index in [-0.39, 0.29) is 17.5 Å². The van der Waals surface area contributed by atoms with Crippen LogP contribution in [-0.4, -0.2) is 44.7 Å². The molecular weight excluding hydrogens is 322 g/mol. The Morgan fingerprint density at radius 1 is 1.32 bits per heavy atom. The van der Waals surface area contributed by atoms with Gasteiger partial charge in [-0.15, -0.1) is 0 Å². The Hall–Kier alpha value is -3.48. The van der Waals surface area contributed by atoms with E-state index in [0.717, 1.165) is 0 Å². The van der Waals surface area contributed by atoms with Crippen LogP contribution in [0, 0.1) is 0 Å². The fourth-order valence-electron chi connectivity index (χ4n) is 2.76. The van der Waals surface area contributed by atoms with E-state index in [0.29, 0.717) is 16.5 Å². The molecule has 3 rings (SSSR count). The molecule has 126 valence electrons. The molecule has 0 bridgehead atoms. The summed E-state index contributed by atoms with van der Waals surface area (Å²) in [4.78, 5) is 35.1. The number of hydrogen-bond donors (Lipinski definition) is 3. The lowest BCUT2D eigenvalue weighted by atomic mass is 9.92. The molecule has 1 heterocycles. The number of rotatable bonds is 6. The molecule has 0 saturated heterocycles. The molecule has 2 aromatic carbocycles. The minimum absolute atomic E-state index is 0.0663. The van der Waals surface area contributed by atoms with Gasteiger partial charge >= 0.3 is 5.97 Å². The zero-order valence-corrected chi connectivity index (χ0v) is 13.1. The van der Waals surface area contributed by atoms with Gasteiger partial charge in [-0.25, -0.2) is 9.78 Å². The van der Waals surface area contributed by atoms with Crippen molar-refractivity contribution in [1.82, 2.24) is 9.97 Å². The van der Waals surface area contributed by atoms with Gasteiger partial charge in [0.05, 0.1) is 17.6 Å². The molecule has 1 aromatic heterocycles. The van der Waals surface area contributed by atoms with Crippen LogP contribution >= 0.6 is 0 Å². The zero-order valence-electron chi connectivity index (χ0n) is 13.1. The third kappa shape index (κ3) is 2.99. The smallest absolute Gasteiger partial charge is 0.339 e. The van der Waals surface area contributed by atoms with Crippen LogP contribution < -0.4 is 0 Å². The number of phenols is 1. The molecular formula is C18H15N3O4. The zero-order chi connectivity index (χ0) is 18.0. The van der Waals surface area contributed by atoms with Crippen molar-refractivity contribution in [3.8, 4) is 5.75 Å². The summed E-state index contributed by atoms with van der Waals surface area (Å²) in [6.07, 6.45) is 3.31. The fraction of sp³-hybridized carbons (Fsp3) is 0.111.